The molecular formula is C36H44ClF3N2O6S. The van der Waals surface area contributed by atoms with E-state index in [1.807, 2.05) is 22.9 Å². The highest BCUT2D eigenvalue weighted by molar-refractivity contribution is 7.90. The van der Waals surface area contributed by atoms with Crippen molar-refractivity contribution in [1.82, 2.24) is 4.72 Å². The number of carbonyl (C=O) groups is 1. The van der Waals surface area contributed by atoms with Crippen LogP contribution in [0, 0.1) is 17.8 Å². The SMILES string of the molecule is COCCO[C@H]1/C=C/C[C@H](C)[C@H](CC(F)(F)F)S(=O)(=O)NC(=O)c2ccc3c(c2)N(C[C@@H]2CC[C@H]21)C[C@@]1(CCCc2cc(Cl)ccc21)CO3. The summed E-state index contributed by atoms with van der Waals surface area (Å²) in [5.41, 5.74) is 2.69. The zero-order chi connectivity index (χ0) is 35.0. The minimum absolute atomic E-state index is 0.0269. The Morgan fingerprint density at radius 3 is 2.69 bits per heavy atom. The quantitative estimate of drug-likeness (QED) is 0.267. The van der Waals surface area contributed by atoms with Gasteiger partial charge in [-0.1, -0.05) is 36.7 Å². The molecule has 1 fully saturated rings. The van der Waals surface area contributed by atoms with Gasteiger partial charge in [-0.05, 0) is 97.7 Å². The number of carbonyl (C=O) groups excluding carboxylic acids is 1. The monoisotopic (exact) mass is 724 g/mol. The summed E-state index contributed by atoms with van der Waals surface area (Å²) in [5.74, 6) is -1.01. The molecule has 2 bridgehead atoms. The Morgan fingerprint density at radius 1 is 1.14 bits per heavy atom. The number of allylic oxidation sites excluding steroid dienone is 1. The predicted octanol–water partition coefficient (Wildman–Crippen LogP) is 6.85. The summed E-state index contributed by atoms with van der Waals surface area (Å²) in [5, 5.41) is -1.19. The van der Waals surface area contributed by atoms with E-state index in [1.165, 1.54) is 24.1 Å². The molecule has 268 valence electrons. The molecule has 6 rings (SSSR count). The molecule has 0 aromatic heterocycles. The summed E-state index contributed by atoms with van der Waals surface area (Å²) in [6.07, 6.45) is 1.60. The first-order valence-corrected chi connectivity index (χ1v) is 18.9. The maximum Gasteiger partial charge on any atom is 0.390 e. The van der Waals surface area contributed by atoms with Crippen LogP contribution < -0.4 is 14.4 Å². The molecule has 49 heavy (non-hydrogen) atoms. The largest absolute Gasteiger partial charge is 0.490 e. The Hall–Kier alpha value is -2.80. The predicted molar refractivity (Wildman–Crippen MR) is 182 cm³/mol. The van der Waals surface area contributed by atoms with E-state index in [2.05, 4.69) is 11.0 Å². The second-order valence-corrected chi connectivity index (χ2v) is 16.4. The third-order valence-electron chi connectivity index (χ3n) is 10.8. The number of methoxy groups -OCH3 is 1. The Kier molecular flexibility index (Phi) is 10.6. The first-order valence-electron chi connectivity index (χ1n) is 17.0. The fourth-order valence-electron chi connectivity index (χ4n) is 8.07. The smallest absolute Gasteiger partial charge is 0.390 e. The Bertz CT molecular complexity index is 1670. The highest BCUT2D eigenvalue weighted by Crippen LogP contribution is 2.47. The lowest BCUT2D eigenvalue weighted by Crippen LogP contribution is -2.49. The van der Waals surface area contributed by atoms with Crippen molar-refractivity contribution >= 4 is 33.2 Å². The maximum atomic E-state index is 13.7. The number of anilines is 1. The van der Waals surface area contributed by atoms with Crippen LogP contribution >= 0.6 is 11.6 Å². The van der Waals surface area contributed by atoms with E-state index in [9.17, 15) is 26.4 Å². The van der Waals surface area contributed by atoms with E-state index in [1.54, 1.807) is 25.3 Å². The van der Waals surface area contributed by atoms with Crippen LogP contribution in [0.15, 0.2) is 48.6 Å². The van der Waals surface area contributed by atoms with Gasteiger partial charge in [0.15, 0.2) is 0 Å². The van der Waals surface area contributed by atoms with Crippen LogP contribution in [0.2, 0.25) is 5.02 Å². The fourth-order valence-corrected chi connectivity index (χ4v) is 9.92. The van der Waals surface area contributed by atoms with Gasteiger partial charge >= 0.3 is 6.18 Å². The molecule has 2 heterocycles. The summed E-state index contributed by atoms with van der Waals surface area (Å²) >= 11 is 6.40. The third-order valence-corrected chi connectivity index (χ3v) is 12.9. The molecule has 2 aromatic carbocycles. The van der Waals surface area contributed by atoms with Crippen LogP contribution in [0.5, 0.6) is 5.75 Å². The van der Waals surface area contributed by atoms with Crippen LogP contribution in [-0.4, -0.2) is 71.9 Å². The normalized spacial score (nSPS) is 30.6. The molecule has 0 unspecified atom stereocenters. The second-order valence-electron chi connectivity index (χ2n) is 14.1. The van der Waals surface area contributed by atoms with Crippen molar-refractivity contribution in [3.63, 3.8) is 0 Å². The topological polar surface area (TPSA) is 94.2 Å². The number of fused-ring (bicyclic) bond motifs is 4. The second kappa shape index (κ2) is 14.4. The number of benzene rings is 2. The van der Waals surface area contributed by atoms with Gasteiger partial charge in [0.1, 0.15) is 5.75 Å². The molecule has 1 spiro atoms. The van der Waals surface area contributed by atoms with E-state index in [0.29, 0.717) is 49.4 Å². The van der Waals surface area contributed by atoms with Crippen molar-refractivity contribution in [2.75, 3.05) is 44.9 Å². The minimum Gasteiger partial charge on any atom is -0.490 e. The maximum absolute atomic E-state index is 13.7. The van der Waals surface area contributed by atoms with E-state index in [0.717, 1.165) is 32.1 Å². The molecule has 13 heteroatoms. The van der Waals surface area contributed by atoms with Gasteiger partial charge < -0.3 is 19.1 Å². The van der Waals surface area contributed by atoms with Gasteiger partial charge in [0.05, 0.1) is 43.3 Å². The van der Waals surface area contributed by atoms with Crippen molar-refractivity contribution in [1.29, 1.82) is 0 Å². The number of sulfonamides is 1. The van der Waals surface area contributed by atoms with Crippen molar-refractivity contribution in [2.24, 2.45) is 17.8 Å². The minimum atomic E-state index is -4.76. The van der Waals surface area contributed by atoms with Gasteiger partial charge in [0, 0.05) is 36.2 Å². The van der Waals surface area contributed by atoms with Crippen LogP contribution in [0.25, 0.3) is 0 Å². The Balaban J connectivity index is 1.42. The average Bonchev–Trinajstić information content (AvgIpc) is 3.17. The van der Waals surface area contributed by atoms with Crippen LogP contribution in [0.4, 0.5) is 18.9 Å². The summed E-state index contributed by atoms with van der Waals surface area (Å²) in [6.45, 7) is 3.84. The van der Waals surface area contributed by atoms with Crippen molar-refractivity contribution in [2.45, 2.75) is 74.8 Å². The molecule has 2 aromatic rings. The highest BCUT2D eigenvalue weighted by atomic mass is 35.5. The third kappa shape index (κ3) is 7.92. The van der Waals surface area contributed by atoms with Gasteiger partial charge in [0.2, 0.25) is 10.0 Å². The molecule has 4 aliphatic rings. The molecule has 0 radical (unpaired) electrons. The number of hydrogen-bond acceptors (Lipinski definition) is 7. The number of ether oxygens (including phenoxy) is 3. The van der Waals surface area contributed by atoms with Crippen molar-refractivity contribution in [3.8, 4) is 5.75 Å². The molecule has 6 atom stereocenters. The lowest BCUT2D eigenvalue weighted by molar-refractivity contribution is -0.136. The fraction of sp³-hybridized carbons (Fsp3) is 0.583. The van der Waals surface area contributed by atoms with Crippen LogP contribution in [-0.2, 0) is 31.3 Å². The molecule has 0 saturated heterocycles. The first kappa shape index (κ1) is 36.0. The number of nitrogens with zero attached hydrogens (tertiary/aromatic N) is 1. The Morgan fingerprint density at radius 2 is 1.96 bits per heavy atom. The summed E-state index contributed by atoms with van der Waals surface area (Å²) < 4.78 is 88.2. The van der Waals surface area contributed by atoms with E-state index in [-0.39, 0.29) is 35.3 Å². The van der Waals surface area contributed by atoms with Gasteiger partial charge in [-0.3, -0.25) is 4.79 Å². The first-order chi connectivity index (χ1) is 23.3. The van der Waals surface area contributed by atoms with Crippen LogP contribution in [0.3, 0.4) is 0 Å². The van der Waals surface area contributed by atoms with E-state index in [4.69, 9.17) is 25.8 Å². The summed E-state index contributed by atoms with van der Waals surface area (Å²) in [4.78, 5) is 15.8. The van der Waals surface area contributed by atoms with Crippen molar-refractivity contribution in [3.05, 3.63) is 70.3 Å². The van der Waals surface area contributed by atoms with Crippen molar-refractivity contribution < 1.29 is 40.6 Å². The zero-order valence-electron chi connectivity index (χ0n) is 27.8. The number of rotatable bonds is 5. The number of aryl methyl sites for hydroxylation is 1. The summed E-state index contributed by atoms with van der Waals surface area (Å²) in [7, 11) is -3.14. The lowest BCUT2D eigenvalue weighted by Gasteiger charge is -2.46. The van der Waals surface area contributed by atoms with Gasteiger partial charge in [-0.25, -0.2) is 13.1 Å². The number of amides is 1. The zero-order valence-corrected chi connectivity index (χ0v) is 29.4. The average molecular weight is 725 g/mol. The summed E-state index contributed by atoms with van der Waals surface area (Å²) in [6, 6.07) is 10.8. The van der Waals surface area contributed by atoms with Crippen LogP contribution in [0.1, 0.15) is 66.9 Å². The van der Waals surface area contributed by atoms with Gasteiger partial charge in [-0.2, -0.15) is 13.2 Å². The molecule has 8 nitrogen and oxygen atoms in total. The molecule has 1 amide bonds. The molecule has 2 aliphatic heterocycles. The molecule has 1 N–H and O–H groups in total. The number of hydrogen-bond donors (Lipinski definition) is 1. The number of alkyl halides is 3. The van der Waals surface area contributed by atoms with E-state index < -0.39 is 39.7 Å². The Labute approximate surface area is 291 Å². The molecule has 2 aliphatic carbocycles. The number of nitrogens with one attached hydrogen (secondary N) is 1. The van der Waals surface area contributed by atoms with Gasteiger partial charge in [-0.15, -0.1) is 0 Å². The molecule has 1 saturated carbocycles. The standard InChI is InChI=1S/C36H44ClF3N2O6S/c1-23-5-3-7-31(47-16-15-46-2)28-11-8-26(28)20-42-21-35(14-4-6-24-17-27(37)10-12-29(24)35)22-48-32-13-9-25(18-30(32)42)34(43)41-49(44,45)33(23)19-36(38,39)40/h3,7,9-10,12-13,17-18,23,26,28,31,33H,4-6,8,11,14-16,19-22H2,1-2H3,(H,41,43)/b7-3+/t23-,26-,28+,31-,33-,35-/m0/s1. The van der Waals surface area contributed by atoms with Gasteiger partial charge in [0.25, 0.3) is 5.91 Å². The lowest BCUT2D eigenvalue weighted by atomic mass is 9.68. The van der Waals surface area contributed by atoms with E-state index >= 15 is 0 Å². The number of halogens is 4. The molecular weight excluding hydrogens is 681 g/mol. The highest BCUT2D eigenvalue weighted by Gasteiger charge is 2.45.